The molecule has 0 unspecified atom stereocenters. The Kier molecular flexibility index (Phi) is 2.68. The molecule has 5 heteroatoms. The number of aromatic nitrogens is 2. The van der Waals surface area contributed by atoms with Crippen molar-refractivity contribution in [2.75, 3.05) is 5.73 Å². The monoisotopic (exact) mass is 217 g/mol. The van der Waals surface area contributed by atoms with Gasteiger partial charge in [0, 0.05) is 11.8 Å². The van der Waals surface area contributed by atoms with Crippen molar-refractivity contribution in [2.45, 2.75) is 12.8 Å². The third kappa shape index (κ3) is 2.08. The van der Waals surface area contributed by atoms with E-state index in [9.17, 15) is 4.79 Å². The van der Waals surface area contributed by atoms with Crippen molar-refractivity contribution in [3.05, 3.63) is 30.0 Å². The maximum atomic E-state index is 10.5. The fourth-order valence-electron chi connectivity index (χ4n) is 1.58. The van der Waals surface area contributed by atoms with Gasteiger partial charge in [-0.05, 0) is 6.07 Å². The van der Waals surface area contributed by atoms with Gasteiger partial charge < -0.3 is 10.8 Å². The Morgan fingerprint density at radius 1 is 1.31 bits per heavy atom. The van der Waals surface area contributed by atoms with Crippen LogP contribution in [-0.4, -0.2) is 21.0 Å². The highest BCUT2D eigenvalue weighted by Crippen LogP contribution is 2.17. The number of benzene rings is 1. The molecule has 0 amide bonds. The summed E-state index contributed by atoms with van der Waals surface area (Å²) in [6.45, 7) is 0. The van der Waals surface area contributed by atoms with Crippen LogP contribution >= 0.6 is 0 Å². The first kappa shape index (κ1) is 10.4. The lowest BCUT2D eigenvalue weighted by Crippen LogP contribution is -2.04. The van der Waals surface area contributed by atoms with Crippen LogP contribution in [0.15, 0.2) is 24.3 Å². The van der Waals surface area contributed by atoms with E-state index in [2.05, 4.69) is 9.97 Å². The molecule has 3 N–H and O–H groups in total. The summed E-state index contributed by atoms with van der Waals surface area (Å²) in [5.41, 5.74) is 6.99. The predicted octanol–water partition coefficient (Wildman–Crippen LogP) is 1.23. The quantitative estimate of drug-likeness (QED) is 0.807. The van der Waals surface area contributed by atoms with Gasteiger partial charge >= 0.3 is 5.97 Å². The number of carboxylic acids is 1. The smallest absolute Gasteiger partial charge is 0.303 e. The molecule has 0 saturated heterocycles. The molecular weight excluding hydrogens is 206 g/mol. The molecule has 0 saturated carbocycles. The Hall–Kier alpha value is -2.17. The minimum absolute atomic E-state index is 0.0421. The minimum Gasteiger partial charge on any atom is -0.481 e. The van der Waals surface area contributed by atoms with Crippen LogP contribution in [0.5, 0.6) is 0 Å². The molecular formula is C11H11N3O2. The molecule has 2 aromatic rings. The molecule has 5 nitrogen and oxygen atoms in total. The van der Waals surface area contributed by atoms with Crippen molar-refractivity contribution < 1.29 is 9.90 Å². The minimum atomic E-state index is -0.846. The van der Waals surface area contributed by atoms with Gasteiger partial charge in [-0.1, -0.05) is 18.2 Å². The Bertz CT molecular complexity index is 540. The summed E-state index contributed by atoms with van der Waals surface area (Å²) in [4.78, 5) is 18.7. The largest absolute Gasteiger partial charge is 0.481 e. The molecule has 0 aliphatic carbocycles. The zero-order valence-electron chi connectivity index (χ0n) is 8.55. The van der Waals surface area contributed by atoms with Crippen LogP contribution < -0.4 is 5.73 Å². The van der Waals surface area contributed by atoms with Crippen LogP contribution in [-0.2, 0) is 11.2 Å². The highest BCUT2D eigenvalue weighted by molar-refractivity contribution is 5.82. The van der Waals surface area contributed by atoms with E-state index >= 15 is 0 Å². The average Bonchev–Trinajstić information content (AvgIpc) is 2.25. The summed E-state index contributed by atoms with van der Waals surface area (Å²) in [6, 6.07) is 7.42. The number of carbonyl (C=O) groups is 1. The molecule has 1 aromatic carbocycles. The molecule has 0 bridgehead atoms. The number of anilines is 1. The van der Waals surface area contributed by atoms with E-state index in [-0.39, 0.29) is 12.4 Å². The predicted molar refractivity (Wildman–Crippen MR) is 59.9 cm³/mol. The Balaban J connectivity index is 2.46. The van der Waals surface area contributed by atoms with Crippen LogP contribution in [0.25, 0.3) is 10.9 Å². The maximum Gasteiger partial charge on any atom is 0.303 e. The van der Waals surface area contributed by atoms with Gasteiger partial charge in [-0.25, -0.2) is 9.97 Å². The van der Waals surface area contributed by atoms with Gasteiger partial charge in [0.2, 0.25) is 5.95 Å². The van der Waals surface area contributed by atoms with Gasteiger partial charge in [-0.2, -0.15) is 0 Å². The molecule has 0 radical (unpaired) electrons. The number of rotatable bonds is 3. The molecule has 1 aromatic heterocycles. The summed E-state index contributed by atoms with van der Waals surface area (Å²) in [5.74, 6) is -0.666. The topological polar surface area (TPSA) is 89.1 Å². The van der Waals surface area contributed by atoms with Crippen molar-refractivity contribution in [1.82, 2.24) is 9.97 Å². The molecule has 0 atom stereocenters. The van der Waals surface area contributed by atoms with E-state index in [0.717, 1.165) is 10.9 Å². The van der Waals surface area contributed by atoms with Crippen LogP contribution in [0.4, 0.5) is 5.95 Å². The third-order valence-corrected chi connectivity index (χ3v) is 2.28. The fourth-order valence-corrected chi connectivity index (χ4v) is 1.58. The van der Waals surface area contributed by atoms with Gasteiger partial charge in [0.25, 0.3) is 0 Å². The van der Waals surface area contributed by atoms with Crippen molar-refractivity contribution in [2.24, 2.45) is 0 Å². The second-order valence-corrected chi connectivity index (χ2v) is 3.44. The summed E-state index contributed by atoms with van der Waals surface area (Å²) >= 11 is 0. The number of para-hydroxylation sites is 1. The van der Waals surface area contributed by atoms with Gasteiger partial charge in [0.05, 0.1) is 17.6 Å². The average molecular weight is 217 g/mol. The third-order valence-electron chi connectivity index (χ3n) is 2.28. The molecule has 0 fully saturated rings. The van der Waals surface area contributed by atoms with Gasteiger partial charge in [-0.15, -0.1) is 0 Å². The normalized spacial score (nSPS) is 10.5. The van der Waals surface area contributed by atoms with E-state index in [1.165, 1.54) is 0 Å². The van der Waals surface area contributed by atoms with Gasteiger partial charge in [0.1, 0.15) is 0 Å². The molecule has 0 aliphatic heterocycles. The molecule has 1 heterocycles. The number of hydrogen-bond acceptors (Lipinski definition) is 4. The first-order valence-electron chi connectivity index (χ1n) is 4.90. The molecule has 2 rings (SSSR count). The molecule has 82 valence electrons. The first-order valence-corrected chi connectivity index (χ1v) is 4.90. The highest BCUT2D eigenvalue weighted by Gasteiger charge is 2.07. The number of aliphatic carboxylic acids is 1. The molecule has 16 heavy (non-hydrogen) atoms. The second-order valence-electron chi connectivity index (χ2n) is 3.44. The Morgan fingerprint density at radius 2 is 2.06 bits per heavy atom. The lowest BCUT2D eigenvalue weighted by molar-refractivity contribution is -0.136. The lowest BCUT2D eigenvalue weighted by atomic mass is 10.1. The fraction of sp³-hybridized carbons (Fsp3) is 0.182. The van der Waals surface area contributed by atoms with Gasteiger partial charge in [-0.3, -0.25) is 4.79 Å². The zero-order chi connectivity index (χ0) is 11.5. The Morgan fingerprint density at radius 3 is 2.81 bits per heavy atom. The van der Waals surface area contributed by atoms with Gasteiger partial charge in [0.15, 0.2) is 0 Å². The van der Waals surface area contributed by atoms with Crippen LogP contribution in [0, 0.1) is 0 Å². The van der Waals surface area contributed by atoms with Crippen molar-refractivity contribution in [3.63, 3.8) is 0 Å². The first-order chi connectivity index (χ1) is 7.66. The lowest BCUT2D eigenvalue weighted by Gasteiger charge is -2.04. The number of carboxylic acid groups (broad SMARTS) is 1. The molecule has 0 spiro atoms. The van der Waals surface area contributed by atoms with Crippen LogP contribution in [0.3, 0.4) is 0 Å². The maximum absolute atomic E-state index is 10.5. The van der Waals surface area contributed by atoms with E-state index in [1.54, 1.807) is 0 Å². The Labute approximate surface area is 91.9 Å². The zero-order valence-corrected chi connectivity index (χ0v) is 8.55. The van der Waals surface area contributed by atoms with E-state index in [1.807, 2.05) is 24.3 Å². The number of fused-ring (bicyclic) bond motifs is 1. The second kappa shape index (κ2) is 4.14. The summed E-state index contributed by atoms with van der Waals surface area (Å²) in [6.07, 6.45) is 0.406. The number of hydrogen-bond donors (Lipinski definition) is 2. The summed E-state index contributed by atoms with van der Waals surface area (Å²) < 4.78 is 0. The summed E-state index contributed by atoms with van der Waals surface area (Å²) in [7, 11) is 0. The highest BCUT2D eigenvalue weighted by atomic mass is 16.4. The SMILES string of the molecule is Nc1nc(CCC(=O)O)c2ccccc2n1. The standard InChI is InChI=1S/C11H11N3O2/c12-11-13-8-4-2-1-3-7(8)9(14-11)5-6-10(15)16/h1-4H,5-6H2,(H,15,16)(H2,12,13,14). The van der Waals surface area contributed by atoms with E-state index < -0.39 is 5.97 Å². The van der Waals surface area contributed by atoms with Crippen LogP contribution in [0.2, 0.25) is 0 Å². The molecule has 0 aliphatic rings. The van der Waals surface area contributed by atoms with Crippen molar-refractivity contribution in [3.8, 4) is 0 Å². The number of nitrogens with zero attached hydrogens (tertiary/aromatic N) is 2. The van der Waals surface area contributed by atoms with E-state index in [4.69, 9.17) is 10.8 Å². The summed E-state index contributed by atoms with van der Waals surface area (Å²) in [5, 5.41) is 9.50. The number of nitrogens with two attached hydrogens (primary N) is 1. The number of nitrogen functional groups attached to an aromatic ring is 1. The van der Waals surface area contributed by atoms with Crippen molar-refractivity contribution >= 4 is 22.8 Å². The van der Waals surface area contributed by atoms with Crippen molar-refractivity contribution in [1.29, 1.82) is 0 Å². The number of aryl methyl sites for hydroxylation is 1. The van der Waals surface area contributed by atoms with Crippen LogP contribution in [0.1, 0.15) is 12.1 Å². The van der Waals surface area contributed by atoms with E-state index in [0.29, 0.717) is 12.1 Å².